The van der Waals surface area contributed by atoms with Gasteiger partial charge < -0.3 is 10.2 Å². The van der Waals surface area contributed by atoms with Gasteiger partial charge in [0.25, 0.3) is 0 Å². The van der Waals surface area contributed by atoms with Crippen LogP contribution in [0.25, 0.3) is 0 Å². The molecule has 0 radical (unpaired) electrons. The van der Waals surface area contributed by atoms with E-state index in [1.807, 2.05) is 6.92 Å². The number of aliphatic hydroxyl groups is 2. The van der Waals surface area contributed by atoms with Gasteiger partial charge in [-0.05, 0) is 80.5 Å². The maximum Gasteiger partial charge on any atom is 0.161 e. The van der Waals surface area contributed by atoms with E-state index in [1.54, 1.807) is 0 Å². The normalized spacial score (nSPS) is 59.8. The molecule has 0 aromatic rings. The summed E-state index contributed by atoms with van der Waals surface area (Å²) in [7, 11) is 0. The molecule has 0 unspecified atom stereocenters. The zero-order valence-corrected chi connectivity index (χ0v) is 15.0. The smallest absolute Gasteiger partial charge is 0.161 e. The molecule has 0 aliphatic heterocycles. The highest BCUT2D eigenvalue weighted by Crippen LogP contribution is 2.68. The lowest BCUT2D eigenvalue weighted by molar-refractivity contribution is -0.148. The summed E-state index contributed by atoms with van der Waals surface area (Å²) in [4.78, 5) is 0. The lowest BCUT2D eigenvalue weighted by atomic mass is 9.44. The summed E-state index contributed by atoms with van der Waals surface area (Å²) < 4.78 is 14.7. The first-order valence-electron chi connectivity index (χ1n) is 9.78. The van der Waals surface area contributed by atoms with Crippen LogP contribution in [0.2, 0.25) is 0 Å². The molecule has 4 aliphatic carbocycles. The van der Waals surface area contributed by atoms with Gasteiger partial charge in [0, 0.05) is 5.41 Å². The summed E-state index contributed by atoms with van der Waals surface area (Å²) in [5.74, 6) is 4.30. The Kier molecular flexibility index (Phi) is 3.66. The van der Waals surface area contributed by atoms with Crippen LogP contribution in [-0.2, 0) is 0 Å². The molecular formula is C21H31FO2. The van der Waals surface area contributed by atoms with Crippen molar-refractivity contribution < 1.29 is 14.6 Å². The molecule has 0 heterocycles. The number of terminal acetylenes is 1. The van der Waals surface area contributed by atoms with Gasteiger partial charge in [-0.2, -0.15) is 0 Å². The van der Waals surface area contributed by atoms with Gasteiger partial charge in [-0.3, -0.25) is 0 Å². The molecule has 0 spiro atoms. The van der Waals surface area contributed by atoms with Crippen LogP contribution < -0.4 is 0 Å². The second kappa shape index (κ2) is 5.21. The van der Waals surface area contributed by atoms with Gasteiger partial charge in [0.05, 0.1) is 6.10 Å². The fraction of sp³-hybridized carbons (Fsp3) is 0.905. The largest absolute Gasteiger partial charge is 0.393 e. The minimum absolute atomic E-state index is 0.137. The Hall–Kier alpha value is -0.590. The van der Waals surface area contributed by atoms with Crippen LogP contribution in [0.15, 0.2) is 0 Å². The van der Waals surface area contributed by atoms with Crippen molar-refractivity contribution in [3.63, 3.8) is 0 Å². The van der Waals surface area contributed by atoms with Crippen LogP contribution in [0.4, 0.5) is 4.39 Å². The SMILES string of the molecule is C#C[C@]1(O)[C@H](F)C[C@H]2[C@@H]3CC[C@H]4C[C@H](O)CC[C@]4(C)[C@H]3CC[C@@]21C. The lowest BCUT2D eigenvalue weighted by Crippen LogP contribution is -2.57. The summed E-state index contributed by atoms with van der Waals surface area (Å²) in [6.07, 6.45) is 11.6. The maximum absolute atomic E-state index is 14.7. The summed E-state index contributed by atoms with van der Waals surface area (Å²) in [5, 5.41) is 21.0. The molecule has 0 aromatic heterocycles. The highest BCUT2D eigenvalue weighted by molar-refractivity contribution is 5.27. The van der Waals surface area contributed by atoms with Crippen molar-refractivity contribution in [1.29, 1.82) is 0 Å². The molecule has 0 saturated heterocycles. The van der Waals surface area contributed by atoms with Crippen LogP contribution in [0.1, 0.15) is 65.2 Å². The third-order valence-electron chi connectivity index (χ3n) is 9.03. The van der Waals surface area contributed by atoms with Gasteiger partial charge in [-0.1, -0.05) is 19.8 Å². The van der Waals surface area contributed by atoms with Gasteiger partial charge in [0.2, 0.25) is 0 Å². The van der Waals surface area contributed by atoms with Crippen molar-refractivity contribution in [2.75, 3.05) is 0 Å². The number of hydrogen-bond acceptors (Lipinski definition) is 2. The van der Waals surface area contributed by atoms with Gasteiger partial charge in [0.1, 0.15) is 6.17 Å². The van der Waals surface area contributed by atoms with Crippen molar-refractivity contribution in [1.82, 2.24) is 0 Å². The van der Waals surface area contributed by atoms with Crippen LogP contribution in [0, 0.1) is 46.8 Å². The van der Waals surface area contributed by atoms with Crippen LogP contribution >= 0.6 is 0 Å². The molecule has 4 fully saturated rings. The molecular weight excluding hydrogens is 303 g/mol. The van der Waals surface area contributed by atoms with E-state index >= 15 is 0 Å². The lowest BCUT2D eigenvalue weighted by Gasteiger charge is -2.61. The van der Waals surface area contributed by atoms with Gasteiger partial charge in [0.15, 0.2) is 5.60 Å². The molecule has 134 valence electrons. The summed E-state index contributed by atoms with van der Waals surface area (Å²) in [5.41, 5.74) is -1.81. The average molecular weight is 334 g/mol. The molecule has 24 heavy (non-hydrogen) atoms. The van der Waals surface area contributed by atoms with E-state index in [4.69, 9.17) is 6.42 Å². The first-order valence-corrected chi connectivity index (χ1v) is 9.78. The average Bonchev–Trinajstić information content (AvgIpc) is 2.76. The molecule has 3 heteroatoms. The van der Waals surface area contributed by atoms with E-state index in [0.717, 1.165) is 44.9 Å². The van der Waals surface area contributed by atoms with Crippen LogP contribution in [-0.4, -0.2) is 28.1 Å². The Balaban J connectivity index is 1.67. The maximum atomic E-state index is 14.7. The van der Waals surface area contributed by atoms with E-state index in [1.165, 1.54) is 0 Å². The Labute approximate surface area is 145 Å². The van der Waals surface area contributed by atoms with E-state index < -0.39 is 17.2 Å². The third kappa shape index (κ3) is 1.91. The number of fused-ring (bicyclic) bond motifs is 5. The van der Waals surface area contributed by atoms with E-state index in [-0.39, 0.29) is 17.4 Å². The topological polar surface area (TPSA) is 40.5 Å². The predicted octanol–water partition coefficient (Wildman–Crippen LogP) is 3.70. The predicted molar refractivity (Wildman–Crippen MR) is 91.8 cm³/mol. The molecule has 4 aliphatic rings. The van der Waals surface area contributed by atoms with Gasteiger partial charge in [-0.15, -0.1) is 6.42 Å². The zero-order chi connectivity index (χ0) is 17.3. The van der Waals surface area contributed by atoms with E-state index in [2.05, 4.69) is 12.8 Å². The van der Waals surface area contributed by atoms with Crippen LogP contribution in [0.5, 0.6) is 0 Å². The van der Waals surface area contributed by atoms with Crippen molar-refractivity contribution >= 4 is 0 Å². The number of aliphatic hydroxyl groups excluding tert-OH is 1. The fourth-order valence-corrected chi connectivity index (χ4v) is 7.47. The Bertz CT molecular complexity index is 571. The Morgan fingerprint density at radius 1 is 1.04 bits per heavy atom. The van der Waals surface area contributed by atoms with Crippen molar-refractivity contribution in [3.05, 3.63) is 0 Å². The number of alkyl halides is 1. The first-order chi connectivity index (χ1) is 11.3. The van der Waals surface area contributed by atoms with Crippen molar-refractivity contribution in [2.45, 2.75) is 83.1 Å². The minimum atomic E-state index is -1.59. The van der Waals surface area contributed by atoms with E-state index in [9.17, 15) is 14.6 Å². The fourth-order valence-electron chi connectivity index (χ4n) is 7.47. The minimum Gasteiger partial charge on any atom is -0.393 e. The van der Waals surface area contributed by atoms with E-state index in [0.29, 0.717) is 24.2 Å². The quantitative estimate of drug-likeness (QED) is 0.663. The first kappa shape index (κ1) is 16.9. The second-order valence-corrected chi connectivity index (χ2v) is 9.66. The van der Waals surface area contributed by atoms with Gasteiger partial charge >= 0.3 is 0 Å². The molecule has 4 saturated carbocycles. The number of rotatable bonds is 0. The summed E-state index contributed by atoms with van der Waals surface area (Å²) >= 11 is 0. The van der Waals surface area contributed by atoms with Crippen molar-refractivity contribution in [2.24, 2.45) is 34.5 Å². The molecule has 4 rings (SSSR count). The third-order valence-corrected chi connectivity index (χ3v) is 9.03. The summed E-state index contributed by atoms with van der Waals surface area (Å²) in [6, 6.07) is 0. The molecule has 2 N–H and O–H groups in total. The molecule has 0 aromatic carbocycles. The number of hydrogen-bond donors (Lipinski definition) is 2. The molecule has 2 nitrogen and oxygen atoms in total. The molecule has 0 amide bonds. The monoisotopic (exact) mass is 334 g/mol. The number of halogens is 1. The van der Waals surface area contributed by atoms with Crippen LogP contribution in [0.3, 0.4) is 0 Å². The Morgan fingerprint density at radius 3 is 2.50 bits per heavy atom. The van der Waals surface area contributed by atoms with Gasteiger partial charge in [-0.25, -0.2) is 4.39 Å². The highest BCUT2D eigenvalue weighted by atomic mass is 19.1. The highest BCUT2D eigenvalue weighted by Gasteiger charge is 2.68. The second-order valence-electron chi connectivity index (χ2n) is 9.66. The Morgan fingerprint density at radius 2 is 1.79 bits per heavy atom. The molecule has 9 atom stereocenters. The van der Waals surface area contributed by atoms with Crippen molar-refractivity contribution in [3.8, 4) is 12.3 Å². The summed E-state index contributed by atoms with van der Waals surface area (Å²) in [6.45, 7) is 4.45. The molecule has 0 bridgehead atoms. The standard InChI is InChI=1S/C21H31FO2/c1-4-21(24)18(22)12-17-15-6-5-13-11-14(23)7-9-19(13,2)16(15)8-10-20(17,21)3/h1,13-18,23-24H,5-12H2,2-3H3/t13-,14+,15+,16-,17-,18+,19-,20-,21-/m0/s1. The zero-order valence-electron chi connectivity index (χ0n) is 15.0.